The van der Waals surface area contributed by atoms with Crippen LogP contribution in [0.3, 0.4) is 0 Å². The van der Waals surface area contributed by atoms with Crippen molar-refractivity contribution in [3.8, 4) is 11.5 Å². The number of hydrogen-bond acceptors (Lipinski definition) is 6. The van der Waals surface area contributed by atoms with Crippen LogP contribution in [0.15, 0.2) is 60.7 Å². The van der Waals surface area contributed by atoms with Crippen LogP contribution in [0, 0.1) is 0 Å². The zero-order valence-corrected chi connectivity index (χ0v) is 21.8. The SMILES string of the molecule is COc1cc(OC)cc(C(=O)Nc2ccc(N3CCc4ccccc4C3)c(C(=O)NCC3CCCO3)c2)c1. The highest BCUT2D eigenvalue weighted by Gasteiger charge is 2.23. The zero-order valence-electron chi connectivity index (χ0n) is 21.8. The van der Waals surface area contributed by atoms with Crippen molar-refractivity contribution in [2.75, 3.05) is 44.1 Å². The van der Waals surface area contributed by atoms with E-state index in [9.17, 15) is 9.59 Å². The second-order valence-corrected chi connectivity index (χ2v) is 9.57. The Bertz CT molecular complexity index is 1300. The molecule has 5 rings (SSSR count). The van der Waals surface area contributed by atoms with Gasteiger partial charge in [0.1, 0.15) is 11.5 Å². The van der Waals surface area contributed by atoms with Crippen molar-refractivity contribution in [2.45, 2.75) is 31.9 Å². The van der Waals surface area contributed by atoms with Crippen LogP contribution in [0.5, 0.6) is 11.5 Å². The topological polar surface area (TPSA) is 89.1 Å². The molecule has 2 heterocycles. The maximum atomic E-state index is 13.4. The molecular formula is C30H33N3O5. The molecule has 1 saturated heterocycles. The number of amides is 2. The Morgan fingerprint density at radius 1 is 0.974 bits per heavy atom. The molecule has 1 atom stereocenters. The highest BCUT2D eigenvalue weighted by Crippen LogP contribution is 2.30. The van der Waals surface area contributed by atoms with E-state index in [4.69, 9.17) is 14.2 Å². The lowest BCUT2D eigenvalue weighted by Gasteiger charge is -2.32. The van der Waals surface area contributed by atoms with Gasteiger partial charge >= 0.3 is 0 Å². The molecule has 2 N–H and O–H groups in total. The fraction of sp³-hybridized carbons (Fsp3) is 0.333. The molecule has 0 aliphatic carbocycles. The average Bonchev–Trinajstić information content (AvgIpc) is 3.49. The molecule has 3 aromatic rings. The number of fused-ring (bicyclic) bond motifs is 1. The molecule has 198 valence electrons. The molecule has 1 fully saturated rings. The Balaban J connectivity index is 1.41. The number of hydrogen-bond donors (Lipinski definition) is 2. The zero-order chi connectivity index (χ0) is 26.5. The third-order valence-corrected chi connectivity index (χ3v) is 7.10. The first-order valence-electron chi connectivity index (χ1n) is 12.9. The molecule has 0 spiro atoms. The predicted octanol–water partition coefficient (Wildman–Crippen LogP) is 4.43. The monoisotopic (exact) mass is 515 g/mol. The lowest BCUT2D eigenvalue weighted by Crippen LogP contribution is -2.35. The molecule has 2 aliphatic heterocycles. The van der Waals surface area contributed by atoms with Crippen LogP contribution in [-0.4, -0.2) is 51.8 Å². The molecule has 0 saturated carbocycles. The number of ether oxygens (including phenoxy) is 3. The number of carbonyl (C=O) groups is 2. The van der Waals surface area contributed by atoms with E-state index in [-0.39, 0.29) is 17.9 Å². The quantitative estimate of drug-likeness (QED) is 0.462. The van der Waals surface area contributed by atoms with Crippen LogP contribution in [0.4, 0.5) is 11.4 Å². The van der Waals surface area contributed by atoms with E-state index < -0.39 is 0 Å². The maximum Gasteiger partial charge on any atom is 0.255 e. The highest BCUT2D eigenvalue weighted by molar-refractivity contribution is 6.06. The van der Waals surface area contributed by atoms with Gasteiger partial charge in [-0.1, -0.05) is 24.3 Å². The molecule has 3 aromatic carbocycles. The first-order valence-corrected chi connectivity index (χ1v) is 12.9. The van der Waals surface area contributed by atoms with E-state index in [1.54, 1.807) is 24.3 Å². The van der Waals surface area contributed by atoms with Gasteiger partial charge in [0.25, 0.3) is 11.8 Å². The van der Waals surface area contributed by atoms with Crippen LogP contribution >= 0.6 is 0 Å². The summed E-state index contributed by atoms with van der Waals surface area (Å²) in [6.07, 6.45) is 2.89. The van der Waals surface area contributed by atoms with Gasteiger partial charge in [0.15, 0.2) is 0 Å². The first kappa shape index (κ1) is 25.6. The number of methoxy groups -OCH3 is 2. The second kappa shape index (κ2) is 11.6. The van der Waals surface area contributed by atoms with Gasteiger partial charge in [-0.3, -0.25) is 9.59 Å². The first-order chi connectivity index (χ1) is 18.5. The Kier molecular flexibility index (Phi) is 7.79. The standard InChI is InChI=1S/C30H33N3O5/c1-36-25-14-22(15-26(17-25)37-2)29(34)32-23-9-10-28(33-12-11-20-6-3-4-7-21(20)19-33)27(16-23)30(35)31-18-24-8-5-13-38-24/h3-4,6-7,9-10,14-17,24H,5,8,11-13,18-19H2,1-2H3,(H,31,35)(H,32,34). The van der Waals surface area contributed by atoms with Gasteiger partial charge < -0.3 is 29.7 Å². The molecule has 0 aromatic heterocycles. The summed E-state index contributed by atoms with van der Waals surface area (Å²) in [6, 6.07) is 18.9. The van der Waals surface area contributed by atoms with Gasteiger partial charge in [-0.05, 0) is 60.7 Å². The Hall–Kier alpha value is -4.04. The predicted molar refractivity (Wildman–Crippen MR) is 146 cm³/mol. The summed E-state index contributed by atoms with van der Waals surface area (Å²) in [4.78, 5) is 28.8. The minimum Gasteiger partial charge on any atom is -0.497 e. The number of nitrogens with zero attached hydrogens (tertiary/aromatic N) is 1. The van der Waals surface area contributed by atoms with Gasteiger partial charge in [0.05, 0.1) is 25.9 Å². The van der Waals surface area contributed by atoms with Crippen LogP contribution < -0.4 is 25.0 Å². The minimum atomic E-state index is -0.326. The van der Waals surface area contributed by atoms with Crippen molar-refractivity contribution in [1.29, 1.82) is 0 Å². The number of anilines is 2. The molecule has 38 heavy (non-hydrogen) atoms. The van der Waals surface area contributed by atoms with Crippen LogP contribution in [0.2, 0.25) is 0 Å². The fourth-order valence-electron chi connectivity index (χ4n) is 5.02. The molecule has 8 nitrogen and oxygen atoms in total. The lowest BCUT2D eigenvalue weighted by atomic mass is 9.98. The summed E-state index contributed by atoms with van der Waals surface area (Å²) in [5.41, 5.74) is 4.87. The van der Waals surface area contributed by atoms with Crippen LogP contribution in [-0.2, 0) is 17.7 Å². The van der Waals surface area contributed by atoms with Crippen LogP contribution in [0.1, 0.15) is 44.7 Å². The third kappa shape index (κ3) is 5.75. The molecule has 8 heteroatoms. The largest absolute Gasteiger partial charge is 0.497 e. The minimum absolute atomic E-state index is 0.0372. The van der Waals surface area contributed by atoms with Gasteiger partial charge in [-0.2, -0.15) is 0 Å². The fourth-order valence-corrected chi connectivity index (χ4v) is 5.02. The summed E-state index contributed by atoms with van der Waals surface area (Å²) >= 11 is 0. The van der Waals surface area contributed by atoms with E-state index in [0.717, 1.165) is 44.6 Å². The normalized spacial score (nSPS) is 16.5. The van der Waals surface area contributed by atoms with Crippen molar-refractivity contribution in [2.24, 2.45) is 0 Å². The summed E-state index contributed by atoms with van der Waals surface area (Å²) in [7, 11) is 3.07. The number of rotatable bonds is 8. The van der Waals surface area contributed by atoms with Crippen molar-refractivity contribution in [3.63, 3.8) is 0 Å². The molecule has 0 radical (unpaired) electrons. The van der Waals surface area contributed by atoms with E-state index >= 15 is 0 Å². The number of benzene rings is 3. The van der Waals surface area contributed by atoms with Crippen molar-refractivity contribution in [3.05, 3.63) is 82.9 Å². The van der Waals surface area contributed by atoms with Crippen molar-refractivity contribution in [1.82, 2.24) is 5.32 Å². The summed E-state index contributed by atoms with van der Waals surface area (Å²) < 4.78 is 16.3. The Morgan fingerprint density at radius 3 is 2.45 bits per heavy atom. The van der Waals surface area contributed by atoms with Gasteiger partial charge in [-0.25, -0.2) is 0 Å². The van der Waals surface area contributed by atoms with Gasteiger partial charge in [0, 0.05) is 49.2 Å². The summed E-state index contributed by atoms with van der Waals surface area (Å²) in [5.74, 6) is 0.523. The van der Waals surface area contributed by atoms with Gasteiger partial charge in [0.2, 0.25) is 0 Å². The smallest absolute Gasteiger partial charge is 0.255 e. The third-order valence-electron chi connectivity index (χ3n) is 7.10. The van der Waals surface area contributed by atoms with Crippen molar-refractivity contribution < 1.29 is 23.8 Å². The van der Waals surface area contributed by atoms with Crippen LogP contribution in [0.25, 0.3) is 0 Å². The average molecular weight is 516 g/mol. The van der Waals surface area contributed by atoms with E-state index in [1.165, 1.54) is 25.3 Å². The summed E-state index contributed by atoms with van der Waals surface area (Å²) in [5, 5.41) is 5.97. The van der Waals surface area contributed by atoms with Gasteiger partial charge in [-0.15, -0.1) is 0 Å². The number of carbonyl (C=O) groups excluding carboxylic acids is 2. The molecule has 2 aliphatic rings. The highest BCUT2D eigenvalue weighted by atomic mass is 16.5. The van der Waals surface area contributed by atoms with Crippen molar-refractivity contribution >= 4 is 23.2 Å². The second-order valence-electron chi connectivity index (χ2n) is 9.57. The lowest BCUT2D eigenvalue weighted by molar-refractivity contribution is 0.0858. The molecule has 0 bridgehead atoms. The Labute approximate surface area is 222 Å². The Morgan fingerprint density at radius 2 is 1.74 bits per heavy atom. The molecule has 2 amide bonds. The van der Waals surface area contributed by atoms with E-state index in [0.29, 0.717) is 34.9 Å². The molecular weight excluding hydrogens is 482 g/mol. The van der Waals surface area contributed by atoms with E-state index in [1.807, 2.05) is 18.2 Å². The molecule has 1 unspecified atom stereocenters. The van der Waals surface area contributed by atoms with E-state index in [2.05, 4.69) is 33.7 Å². The number of nitrogens with one attached hydrogen (secondary N) is 2. The summed E-state index contributed by atoms with van der Waals surface area (Å²) in [6.45, 7) is 2.71. The maximum absolute atomic E-state index is 13.4.